The fraction of sp³-hybridized carbons (Fsp3) is 0.400. The Morgan fingerprint density at radius 1 is 1.16 bits per heavy atom. The van der Waals surface area contributed by atoms with E-state index in [4.69, 9.17) is 21.3 Å². The fourth-order valence-corrected chi connectivity index (χ4v) is 4.41. The van der Waals surface area contributed by atoms with E-state index < -0.39 is 5.60 Å². The number of para-hydroxylation sites is 1. The van der Waals surface area contributed by atoms with Crippen LogP contribution in [0, 0.1) is 5.92 Å². The van der Waals surface area contributed by atoms with Crippen molar-refractivity contribution in [2.75, 3.05) is 0 Å². The van der Waals surface area contributed by atoms with Crippen LogP contribution in [0.2, 0.25) is 5.02 Å². The van der Waals surface area contributed by atoms with Gasteiger partial charge in [0.05, 0.1) is 28.0 Å². The summed E-state index contributed by atoms with van der Waals surface area (Å²) in [6.45, 7) is 5.58. The summed E-state index contributed by atoms with van der Waals surface area (Å²) in [7, 11) is 0. The molecule has 1 aliphatic carbocycles. The Morgan fingerprint density at radius 3 is 2.48 bits per heavy atom. The van der Waals surface area contributed by atoms with Crippen LogP contribution >= 0.6 is 11.6 Å². The Kier molecular flexibility index (Phi) is 5.89. The fourth-order valence-electron chi connectivity index (χ4n) is 4.16. The summed E-state index contributed by atoms with van der Waals surface area (Å²) in [5.41, 5.74) is 0.480. The maximum absolute atomic E-state index is 13.6. The summed E-state index contributed by atoms with van der Waals surface area (Å²) < 4.78 is 7.24. The van der Waals surface area contributed by atoms with Crippen LogP contribution in [0.25, 0.3) is 16.6 Å². The van der Waals surface area contributed by atoms with Gasteiger partial charge in [0.1, 0.15) is 11.4 Å². The molecule has 0 radical (unpaired) electrons. The molecule has 0 spiro atoms. The zero-order chi connectivity index (χ0) is 22.2. The highest BCUT2D eigenvalue weighted by Gasteiger charge is 2.35. The van der Waals surface area contributed by atoms with E-state index in [0.717, 1.165) is 19.3 Å². The SMILES string of the molecule is CC(C)(C)OC(=O)C[C@H](c1nc2cccc(Cl)c2c(=O)n1-c1ccccc1)C1CCC1. The lowest BCUT2D eigenvalue weighted by Gasteiger charge is -2.34. The van der Waals surface area contributed by atoms with Crippen molar-refractivity contribution in [3.63, 3.8) is 0 Å². The van der Waals surface area contributed by atoms with Gasteiger partial charge in [0.2, 0.25) is 0 Å². The van der Waals surface area contributed by atoms with E-state index in [9.17, 15) is 9.59 Å². The molecular formula is C25H27ClN2O3. The van der Waals surface area contributed by atoms with E-state index in [0.29, 0.717) is 27.4 Å². The van der Waals surface area contributed by atoms with Crippen molar-refractivity contribution >= 4 is 28.5 Å². The number of benzene rings is 2. The highest BCUT2D eigenvalue weighted by atomic mass is 35.5. The van der Waals surface area contributed by atoms with Crippen LogP contribution in [0.15, 0.2) is 53.3 Å². The molecule has 6 heteroatoms. The van der Waals surface area contributed by atoms with Crippen molar-refractivity contribution in [1.82, 2.24) is 9.55 Å². The molecule has 31 heavy (non-hydrogen) atoms. The summed E-state index contributed by atoms with van der Waals surface area (Å²) in [6.07, 6.45) is 3.31. The molecular weight excluding hydrogens is 412 g/mol. The standard InChI is InChI=1S/C25H27ClN2O3/c1-25(2,3)31-21(29)15-18(16-9-7-10-16)23-27-20-14-8-13-19(26)22(20)24(30)28(23)17-11-5-4-6-12-17/h4-6,8,11-14,16,18H,7,9-10,15H2,1-3H3/t18-/m0/s1. The molecule has 0 N–H and O–H groups in total. The molecule has 3 aromatic rings. The number of fused-ring (bicyclic) bond motifs is 1. The molecule has 0 unspecified atom stereocenters. The Labute approximate surface area is 187 Å². The Hall–Kier alpha value is -2.66. The number of ether oxygens (including phenoxy) is 1. The first-order valence-electron chi connectivity index (χ1n) is 10.7. The van der Waals surface area contributed by atoms with Crippen molar-refractivity contribution in [1.29, 1.82) is 0 Å². The van der Waals surface area contributed by atoms with E-state index in [1.807, 2.05) is 51.1 Å². The molecule has 1 atom stereocenters. The molecule has 1 heterocycles. The number of nitrogens with zero attached hydrogens (tertiary/aromatic N) is 2. The first-order chi connectivity index (χ1) is 14.7. The average Bonchev–Trinajstić information content (AvgIpc) is 2.65. The number of hydrogen-bond donors (Lipinski definition) is 0. The number of carbonyl (C=O) groups is 1. The molecule has 2 aromatic carbocycles. The van der Waals surface area contributed by atoms with Crippen molar-refractivity contribution in [2.45, 2.75) is 58.0 Å². The summed E-state index contributed by atoms with van der Waals surface area (Å²) in [5.74, 6) is 0.400. The molecule has 0 saturated heterocycles. The minimum absolute atomic E-state index is 0.188. The predicted octanol–water partition coefficient (Wildman–Crippen LogP) is 5.65. The van der Waals surface area contributed by atoms with Crippen molar-refractivity contribution in [2.24, 2.45) is 5.92 Å². The molecule has 0 aliphatic heterocycles. The molecule has 1 aromatic heterocycles. The zero-order valence-corrected chi connectivity index (χ0v) is 18.9. The summed E-state index contributed by atoms with van der Waals surface area (Å²) in [5, 5.41) is 0.764. The molecule has 1 saturated carbocycles. The monoisotopic (exact) mass is 438 g/mol. The number of halogens is 1. The molecule has 4 rings (SSSR count). The molecule has 5 nitrogen and oxygen atoms in total. The molecule has 0 bridgehead atoms. The predicted molar refractivity (Wildman–Crippen MR) is 123 cm³/mol. The van der Waals surface area contributed by atoms with Gasteiger partial charge in [-0.1, -0.05) is 42.3 Å². The lowest BCUT2D eigenvalue weighted by molar-refractivity contribution is -0.155. The van der Waals surface area contributed by atoms with Gasteiger partial charge in [-0.05, 0) is 63.8 Å². The largest absolute Gasteiger partial charge is 0.460 e. The zero-order valence-electron chi connectivity index (χ0n) is 18.1. The Balaban J connectivity index is 1.91. The number of carbonyl (C=O) groups excluding carboxylic acids is 1. The summed E-state index contributed by atoms with van der Waals surface area (Å²) in [4.78, 5) is 31.3. The van der Waals surface area contributed by atoms with Gasteiger partial charge >= 0.3 is 5.97 Å². The van der Waals surface area contributed by atoms with Crippen molar-refractivity contribution in [3.8, 4) is 5.69 Å². The van der Waals surface area contributed by atoms with Crippen molar-refractivity contribution in [3.05, 3.63) is 69.7 Å². The highest BCUT2D eigenvalue weighted by molar-refractivity contribution is 6.35. The minimum Gasteiger partial charge on any atom is -0.460 e. The van der Waals surface area contributed by atoms with Crippen LogP contribution < -0.4 is 5.56 Å². The van der Waals surface area contributed by atoms with Crippen LogP contribution in [-0.2, 0) is 9.53 Å². The third-order valence-electron chi connectivity index (χ3n) is 5.74. The van der Waals surface area contributed by atoms with Gasteiger partial charge in [-0.3, -0.25) is 14.2 Å². The number of aromatic nitrogens is 2. The molecule has 162 valence electrons. The highest BCUT2D eigenvalue weighted by Crippen LogP contribution is 2.41. The van der Waals surface area contributed by atoms with Crippen LogP contribution in [0.4, 0.5) is 0 Å². The van der Waals surface area contributed by atoms with E-state index in [1.165, 1.54) is 0 Å². The molecule has 0 amide bonds. The second-order valence-corrected chi connectivity index (χ2v) is 9.58. The van der Waals surface area contributed by atoms with Gasteiger partial charge in [-0.25, -0.2) is 4.98 Å². The average molecular weight is 439 g/mol. The van der Waals surface area contributed by atoms with Crippen LogP contribution in [0.3, 0.4) is 0 Å². The van der Waals surface area contributed by atoms with E-state index >= 15 is 0 Å². The summed E-state index contributed by atoms with van der Waals surface area (Å²) >= 11 is 6.38. The van der Waals surface area contributed by atoms with E-state index in [-0.39, 0.29) is 29.8 Å². The first kappa shape index (κ1) is 21.6. The summed E-state index contributed by atoms with van der Waals surface area (Å²) in [6, 6.07) is 14.7. The second kappa shape index (κ2) is 8.46. The third-order valence-corrected chi connectivity index (χ3v) is 6.06. The van der Waals surface area contributed by atoms with Crippen LogP contribution in [-0.4, -0.2) is 21.1 Å². The normalized spacial score (nSPS) is 15.5. The number of hydrogen-bond acceptors (Lipinski definition) is 4. The van der Waals surface area contributed by atoms with Crippen molar-refractivity contribution < 1.29 is 9.53 Å². The lowest BCUT2D eigenvalue weighted by atomic mass is 9.74. The molecule has 1 aliphatic rings. The van der Waals surface area contributed by atoms with Gasteiger partial charge in [-0.15, -0.1) is 0 Å². The van der Waals surface area contributed by atoms with Gasteiger partial charge in [0.25, 0.3) is 5.56 Å². The van der Waals surface area contributed by atoms with E-state index in [2.05, 4.69) is 0 Å². The topological polar surface area (TPSA) is 61.2 Å². The maximum atomic E-state index is 13.6. The van der Waals surface area contributed by atoms with Crippen LogP contribution in [0.5, 0.6) is 0 Å². The first-order valence-corrected chi connectivity index (χ1v) is 11.1. The quantitative estimate of drug-likeness (QED) is 0.482. The Bertz CT molecular complexity index is 1160. The van der Waals surface area contributed by atoms with Gasteiger partial charge in [0.15, 0.2) is 0 Å². The smallest absolute Gasteiger partial charge is 0.307 e. The van der Waals surface area contributed by atoms with Gasteiger partial charge in [0, 0.05) is 5.92 Å². The third kappa shape index (κ3) is 4.52. The second-order valence-electron chi connectivity index (χ2n) is 9.17. The van der Waals surface area contributed by atoms with E-state index in [1.54, 1.807) is 22.8 Å². The van der Waals surface area contributed by atoms with Gasteiger partial charge < -0.3 is 4.74 Å². The number of esters is 1. The number of rotatable bonds is 5. The lowest BCUT2D eigenvalue weighted by Crippen LogP contribution is -2.33. The maximum Gasteiger partial charge on any atom is 0.307 e. The Morgan fingerprint density at radius 2 is 1.87 bits per heavy atom. The van der Waals surface area contributed by atoms with Gasteiger partial charge in [-0.2, -0.15) is 0 Å². The molecule has 1 fully saturated rings. The minimum atomic E-state index is -0.565. The van der Waals surface area contributed by atoms with Crippen LogP contribution in [0.1, 0.15) is 58.2 Å².